The number of rotatable bonds is 6. The van der Waals surface area contributed by atoms with Gasteiger partial charge in [0.15, 0.2) is 0 Å². The van der Waals surface area contributed by atoms with Gasteiger partial charge in [0.1, 0.15) is 5.75 Å². The third kappa shape index (κ3) is 3.93. The Balaban J connectivity index is 2.90. The Morgan fingerprint density at radius 2 is 1.71 bits per heavy atom. The van der Waals surface area contributed by atoms with Gasteiger partial charge in [0, 0.05) is 5.56 Å². The van der Waals surface area contributed by atoms with Crippen molar-refractivity contribution in [1.82, 2.24) is 0 Å². The van der Waals surface area contributed by atoms with Crippen molar-refractivity contribution >= 4 is 6.08 Å². The fourth-order valence-corrected chi connectivity index (χ4v) is 1.59. The number of aliphatic hydroxyl groups is 1. The highest BCUT2D eigenvalue weighted by Crippen LogP contribution is 2.23. The molecule has 0 amide bonds. The van der Waals surface area contributed by atoms with E-state index in [1.807, 2.05) is 6.07 Å². The van der Waals surface area contributed by atoms with Crippen molar-refractivity contribution in [3.05, 3.63) is 61.2 Å². The van der Waals surface area contributed by atoms with Gasteiger partial charge in [0.05, 0.1) is 5.60 Å². The zero-order chi connectivity index (χ0) is 12.7. The normalized spacial score (nSPS) is 11.6. The molecule has 90 valence electrons. The van der Waals surface area contributed by atoms with Crippen molar-refractivity contribution in [1.29, 1.82) is 0 Å². The van der Waals surface area contributed by atoms with E-state index in [4.69, 9.17) is 0 Å². The summed E-state index contributed by atoms with van der Waals surface area (Å²) in [5.41, 5.74) is -0.301. The van der Waals surface area contributed by atoms with Gasteiger partial charge in [-0.05, 0) is 18.9 Å². The first-order chi connectivity index (χ1) is 8.11. The number of hydrogen-bond acceptors (Lipinski definition) is 2. The summed E-state index contributed by atoms with van der Waals surface area (Å²) in [5.74, 6) is 0.198. The molecule has 0 unspecified atom stereocenters. The minimum Gasteiger partial charge on any atom is -0.507 e. The number of phenolic OH excluding ortho intramolecular Hbond substituents is 1. The van der Waals surface area contributed by atoms with Crippen LogP contribution in [0.4, 0.5) is 0 Å². The van der Waals surface area contributed by atoms with Crippen LogP contribution in [0.5, 0.6) is 5.75 Å². The highest BCUT2D eigenvalue weighted by Gasteiger charge is 2.19. The van der Waals surface area contributed by atoms with E-state index in [1.54, 1.807) is 42.5 Å². The molecule has 2 heteroatoms. The van der Waals surface area contributed by atoms with Crippen LogP contribution in [0.1, 0.15) is 18.4 Å². The SMILES string of the molecule is C=CCC(O)(/C=C/c1ccccc1O)CC=C. The number of phenols is 1. The monoisotopic (exact) mass is 230 g/mol. The average molecular weight is 230 g/mol. The van der Waals surface area contributed by atoms with E-state index in [-0.39, 0.29) is 5.75 Å². The molecule has 0 bridgehead atoms. The Kier molecular flexibility index (Phi) is 4.73. The Bertz CT molecular complexity index is 409. The molecule has 0 atom stereocenters. The predicted molar refractivity (Wildman–Crippen MR) is 71.7 cm³/mol. The first-order valence-electron chi connectivity index (χ1n) is 5.53. The van der Waals surface area contributed by atoms with E-state index in [9.17, 15) is 10.2 Å². The highest BCUT2D eigenvalue weighted by molar-refractivity contribution is 5.57. The third-order valence-corrected chi connectivity index (χ3v) is 2.51. The standard InChI is InChI=1S/C15H18O2/c1-3-10-15(17,11-4-2)12-9-13-7-5-6-8-14(13)16/h3-9,12,16-17H,1-2,10-11H2/b12-9+. The van der Waals surface area contributed by atoms with Crippen LogP contribution < -0.4 is 0 Å². The van der Waals surface area contributed by atoms with Gasteiger partial charge >= 0.3 is 0 Å². The van der Waals surface area contributed by atoms with Crippen LogP contribution in [0, 0.1) is 0 Å². The molecule has 0 aliphatic carbocycles. The molecule has 0 saturated heterocycles. The van der Waals surface area contributed by atoms with Crippen LogP contribution in [-0.4, -0.2) is 15.8 Å². The Morgan fingerprint density at radius 1 is 1.12 bits per heavy atom. The Hall–Kier alpha value is -1.80. The van der Waals surface area contributed by atoms with E-state index in [0.717, 1.165) is 0 Å². The first kappa shape index (κ1) is 13.3. The van der Waals surface area contributed by atoms with Gasteiger partial charge in [-0.2, -0.15) is 0 Å². The molecular formula is C15H18O2. The summed E-state index contributed by atoms with van der Waals surface area (Å²) in [6.45, 7) is 7.25. The zero-order valence-corrected chi connectivity index (χ0v) is 9.84. The second kappa shape index (κ2) is 6.06. The van der Waals surface area contributed by atoms with Gasteiger partial charge in [0.25, 0.3) is 0 Å². The molecular weight excluding hydrogens is 212 g/mol. The molecule has 0 heterocycles. The van der Waals surface area contributed by atoms with E-state index < -0.39 is 5.60 Å². The van der Waals surface area contributed by atoms with Gasteiger partial charge in [-0.1, -0.05) is 42.5 Å². The van der Waals surface area contributed by atoms with Gasteiger partial charge in [-0.15, -0.1) is 13.2 Å². The molecule has 0 aliphatic heterocycles. The summed E-state index contributed by atoms with van der Waals surface area (Å²) in [5, 5.41) is 19.8. The van der Waals surface area contributed by atoms with Gasteiger partial charge in [-0.3, -0.25) is 0 Å². The van der Waals surface area contributed by atoms with Crippen molar-refractivity contribution in [2.75, 3.05) is 0 Å². The van der Waals surface area contributed by atoms with Crippen molar-refractivity contribution < 1.29 is 10.2 Å². The van der Waals surface area contributed by atoms with Gasteiger partial charge < -0.3 is 10.2 Å². The molecule has 1 rings (SSSR count). The van der Waals surface area contributed by atoms with Crippen molar-refractivity contribution in [2.45, 2.75) is 18.4 Å². The summed E-state index contributed by atoms with van der Waals surface area (Å²) in [6, 6.07) is 6.99. The summed E-state index contributed by atoms with van der Waals surface area (Å²) in [6.07, 6.45) is 7.61. The van der Waals surface area contributed by atoms with Crippen LogP contribution in [0.3, 0.4) is 0 Å². The molecule has 0 spiro atoms. The number of aromatic hydroxyl groups is 1. The fourth-order valence-electron chi connectivity index (χ4n) is 1.59. The van der Waals surface area contributed by atoms with Crippen LogP contribution in [0.25, 0.3) is 6.08 Å². The van der Waals surface area contributed by atoms with Crippen molar-refractivity contribution in [3.8, 4) is 5.75 Å². The van der Waals surface area contributed by atoms with E-state index in [2.05, 4.69) is 13.2 Å². The lowest BCUT2D eigenvalue weighted by atomic mass is 9.94. The lowest BCUT2D eigenvalue weighted by Gasteiger charge is -2.21. The summed E-state index contributed by atoms with van der Waals surface area (Å²) in [4.78, 5) is 0. The minimum atomic E-state index is -0.980. The summed E-state index contributed by atoms with van der Waals surface area (Å²) in [7, 11) is 0. The van der Waals surface area contributed by atoms with E-state index in [1.165, 1.54) is 0 Å². The maximum Gasteiger partial charge on any atom is 0.122 e. The molecule has 2 N–H and O–H groups in total. The minimum absolute atomic E-state index is 0.198. The highest BCUT2D eigenvalue weighted by atomic mass is 16.3. The van der Waals surface area contributed by atoms with Gasteiger partial charge in [-0.25, -0.2) is 0 Å². The smallest absolute Gasteiger partial charge is 0.122 e. The summed E-state index contributed by atoms with van der Waals surface area (Å²) < 4.78 is 0. The Morgan fingerprint density at radius 3 is 2.24 bits per heavy atom. The number of benzene rings is 1. The zero-order valence-electron chi connectivity index (χ0n) is 9.84. The molecule has 0 radical (unpaired) electrons. The Labute approximate surface area is 102 Å². The predicted octanol–water partition coefficient (Wildman–Crippen LogP) is 3.29. The number of hydrogen-bond donors (Lipinski definition) is 2. The largest absolute Gasteiger partial charge is 0.507 e. The second-order valence-corrected chi connectivity index (χ2v) is 3.98. The maximum atomic E-state index is 10.3. The maximum absolute atomic E-state index is 10.3. The second-order valence-electron chi connectivity index (χ2n) is 3.98. The average Bonchev–Trinajstić information content (AvgIpc) is 2.29. The first-order valence-corrected chi connectivity index (χ1v) is 5.53. The lowest BCUT2D eigenvalue weighted by molar-refractivity contribution is 0.0986. The third-order valence-electron chi connectivity index (χ3n) is 2.51. The van der Waals surface area contributed by atoms with Gasteiger partial charge in [0.2, 0.25) is 0 Å². The fraction of sp³-hybridized carbons (Fsp3) is 0.200. The topological polar surface area (TPSA) is 40.5 Å². The lowest BCUT2D eigenvalue weighted by Crippen LogP contribution is -2.23. The van der Waals surface area contributed by atoms with Crippen LogP contribution in [-0.2, 0) is 0 Å². The molecule has 17 heavy (non-hydrogen) atoms. The summed E-state index contributed by atoms with van der Waals surface area (Å²) >= 11 is 0. The van der Waals surface area contributed by atoms with E-state index in [0.29, 0.717) is 18.4 Å². The molecule has 0 aliphatic rings. The van der Waals surface area contributed by atoms with E-state index >= 15 is 0 Å². The molecule has 1 aromatic rings. The molecule has 0 fully saturated rings. The molecule has 1 aromatic carbocycles. The molecule has 0 aromatic heterocycles. The van der Waals surface area contributed by atoms with Crippen molar-refractivity contribution in [2.24, 2.45) is 0 Å². The van der Waals surface area contributed by atoms with Crippen LogP contribution in [0.15, 0.2) is 55.7 Å². The van der Waals surface area contributed by atoms with Crippen molar-refractivity contribution in [3.63, 3.8) is 0 Å². The van der Waals surface area contributed by atoms with Crippen LogP contribution >= 0.6 is 0 Å². The quantitative estimate of drug-likeness (QED) is 0.736. The molecule has 2 nitrogen and oxygen atoms in total. The number of para-hydroxylation sites is 1. The van der Waals surface area contributed by atoms with Crippen LogP contribution in [0.2, 0.25) is 0 Å². The molecule has 0 saturated carbocycles.